The van der Waals surface area contributed by atoms with E-state index in [2.05, 4.69) is 54.7 Å². The van der Waals surface area contributed by atoms with Crippen molar-refractivity contribution < 1.29 is 24.1 Å². The zero-order chi connectivity index (χ0) is 32.6. The number of hydrogen-bond acceptors (Lipinski definition) is 6. The lowest BCUT2D eigenvalue weighted by Crippen LogP contribution is -2.38. The normalized spacial score (nSPS) is 19.2. The van der Waals surface area contributed by atoms with E-state index in [0.717, 1.165) is 49.8 Å². The first kappa shape index (κ1) is 32.5. The third kappa shape index (κ3) is 7.95. The summed E-state index contributed by atoms with van der Waals surface area (Å²) < 4.78 is 18.9. The summed E-state index contributed by atoms with van der Waals surface area (Å²) in [5, 5.41) is 12.6. The molecule has 0 aliphatic carbocycles. The fourth-order valence-corrected chi connectivity index (χ4v) is 6.98. The van der Waals surface area contributed by atoms with Gasteiger partial charge in [-0.2, -0.15) is 0 Å². The molecular weight excluding hydrogens is 607 g/mol. The molecule has 0 aromatic heterocycles. The Morgan fingerprint density at radius 2 is 1.51 bits per heavy atom. The number of benzene rings is 5. The number of aliphatic hydroxyl groups is 1. The Hall–Kier alpha value is -4.40. The minimum Gasteiger partial charge on any atom is -0.496 e. The third-order valence-electron chi connectivity index (χ3n) is 8.53. The number of aliphatic hydroxyl groups excluding tert-OH is 1. The van der Waals surface area contributed by atoms with Crippen molar-refractivity contribution in [3.8, 4) is 16.9 Å². The monoisotopic (exact) mass is 645 g/mol. The van der Waals surface area contributed by atoms with Crippen LogP contribution >= 0.6 is 11.8 Å². The zero-order valence-electron chi connectivity index (χ0n) is 26.5. The van der Waals surface area contributed by atoms with Crippen molar-refractivity contribution in [1.82, 2.24) is 5.32 Å². The average molecular weight is 646 g/mol. The van der Waals surface area contributed by atoms with Crippen LogP contribution in [0.4, 0.5) is 0 Å². The molecule has 1 fully saturated rings. The number of ether oxygens (including phenoxy) is 3. The summed E-state index contributed by atoms with van der Waals surface area (Å²) in [6, 6.07) is 41.8. The molecule has 1 saturated heterocycles. The molecule has 7 heteroatoms. The van der Waals surface area contributed by atoms with E-state index in [1.807, 2.05) is 84.9 Å². The highest BCUT2D eigenvalue weighted by molar-refractivity contribution is 7.99. The number of hydrogen-bond donors (Lipinski definition) is 2. The predicted octanol–water partition coefficient (Wildman–Crippen LogP) is 8.37. The van der Waals surface area contributed by atoms with Crippen molar-refractivity contribution in [2.24, 2.45) is 5.92 Å². The first-order valence-electron chi connectivity index (χ1n) is 15.8. The second kappa shape index (κ2) is 15.5. The minimum atomic E-state index is -0.550. The smallest absolute Gasteiger partial charge is 0.251 e. The van der Waals surface area contributed by atoms with Gasteiger partial charge in [-0.25, -0.2) is 0 Å². The quantitative estimate of drug-likeness (QED) is 0.141. The van der Waals surface area contributed by atoms with E-state index >= 15 is 0 Å². The fourth-order valence-electron chi connectivity index (χ4n) is 5.79. The van der Waals surface area contributed by atoms with Gasteiger partial charge in [-0.3, -0.25) is 4.79 Å². The molecular formula is C40H39NO5S. The van der Waals surface area contributed by atoms with Crippen LogP contribution in [0.2, 0.25) is 0 Å². The Morgan fingerprint density at radius 3 is 2.26 bits per heavy atom. The summed E-state index contributed by atoms with van der Waals surface area (Å²) in [5.74, 6) is 1.57. The van der Waals surface area contributed by atoms with Gasteiger partial charge in [0.15, 0.2) is 6.29 Å². The van der Waals surface area contributed by atoms with Gasteiger partial charge in [0, 0.05) is 34.2 Å². The average Bonchev–Trinajstić information content (AvgIpc) is 3.14. The van der Waals surface area contributed by atoms with Crippen molar-refractivity contribution in [2.75, 3.05) is 12.9 Å². The first-order chi connectivity index (χ1) is 23.0. The fraction of sp³-hybridized carbons (Fsp3) is 0.225. The molecule has 6 rings (SSSR count). The van der Waals surface area contributed by atoms with Crippen LogP contribution in [0.5, 0.6) is 5.75 Å². The molecule has 4 atom stereocenters. The number of carbonyl (C=O) groups is 1. The van der Waals surface area contributed by atoms with E-state index in [0.29, 0.717) is 12.1 Å². The lowest BCUT2D eigenvalue weighted by molar-refractivity contribution is -0.268. The molecule has 5 aromatic rings. The van der Waals surface area contributed by atoms with Crippen LogP contribution in [0.1, 0.15) is 51.9 Å². The maximum Gasteiger partial charge on any atom is 0.251 e. The van der Waals surface area contributed by atoms with Crippen LogP contribution in [0, 0.1) is 5.92 Å². The zero-order valence-corrected chi connectivity index (χ0v) is 27.4. The number of carbonyl (C=O) groups excluding carboxylic acids is 1. The van der Waals surface area contributed by atoms with Gasteiger partial charge in [0.05, 0.1) is 25.9 Å². The van der Waals surface area contributed by atoms with Crippen LogP contribution in [0.15, 0.2) is 132 Å². The van der Waals surface area contributed by atoms with E-state index in [1.165, 1.54) is 0 Å². The van der Waals surface area contributed by atoms with Gasteiger partial charge in [-0.05, 0) is 58.1 Å². The highest BCUT2D eigenvalue weighted by Gasteiger charge is 2.38. The van der Waals surface area contributed by atoms with E-state index in [-0.39, 0.29) is 30.6 Å². The van der Waals surface area contributed by atoms with Crippen molar-refractivity contribution in [3.05, 3.63) is 155 Å². The number of rotatable bonds is 11. The van der Waals surface area contributed by atoms with Crippen molar-refractivity contribution >= 4 is 17.7 Å². The molecule has 0 bridgehead atoms. The maximum atomic E-state index is 12.5. The van der Waals surface area contributed by atoms with E-state index in [9.17, 15) is 9.90 Å². The standard InChI is InChI=1S/C40H39NO5S/c1-27-36(26-47-37-14-7-6-13-35(37)44-2)45-40(46-38(27)31-17-15-28(25-42)16-18-31)33-21-19-30(20-22-33)34-12-8-9-29(23-34)24-41-39(43)32-10-4-3-5-11-32/h3-23,27,36,38,40,42H,24-26H2,1-2H3,(H,41,43). The molecule has 2 N–H and O–H groups in total. The Bertz CT molecular complexity index is 1760. The molecule has 1 aliphatic rings. The number of amides is 1. The Kier molecular flexibility index (Phi) is 10.7. The summed E-state index contributed by atoms with van der Waals surface area (Å²) in [5.41, 5.74) is 6.66. The van der Waals surface area contributed by atoms with E-state index < -0.39 is 6.29 Å². The SMILES string of the molecule is COc1ccccc1SCC1OC(c2ccc(-c3cccc(CNC(=O)c4ccccc4)c3)cc2)OC(c2ccc(CO)cc2)C1C. The highest BCUT2D eigenvalue weighted by Crippen LogP contribution is 2.44. The number of thioether (sulfide) groups is 1. The topological polar surface area (TPSA) is 77.0 Å². The van der Waals surface area contributed by atoms with Crippen LogP contribution in [-0.2, 0) is 22.6 Å². The molecule has 0 radical (unpaired) electrons. The molecule has 1 heterocycles. The first-order valence-corrected chi connectivity index (χ1v) is 16.8. The van der Waals surface area contributed by atoms with Gasteiger partial charge in [-0.15, -0.1) is 11.8 Å². The van der Waals surface area contributed by atoms with Crippen LogP contribution in [0.25, 0.3) is 11.1 Å². The summed E-state index contributed by atoms with van der Waals surface area (Å²) in [4.78, 5) is 13.6. The lowest BCUT2D eigenvalue weighted by Gasteiger charge is -2.41. The van der Waals surface area contributed by atoms with Crippen molar-refractivity contribution in [2.45, 2.75) is 43.5 Å². The maximum absolute atomic E-state index is 12.5. The minimum absolute atomic E-state index is 0.00282. The largest absolute Gasteiger partial charge is 0.496 e. The molecule has 4 unspecified atom stereocenters. The summed E-state index contributed by atoms with van der Waals surface area (Å²) >= 11 is 1.72. The highest BCUT2D eigenvalue weighted by atomic mass is 32.2. The lowest BCUT2D eigenvalue weighted by atomic mass is 9.91. The van der Waals surface area contributed by atoms with E-state index in [1.54, 1.807) is 18.9 Å². The second-order valence-corrected chi connectivity index (χ2v) is 12.7. The second-order valence-electron chi connectivity index (χ2n) is 11.7. The molecule has 1 amide bonds. The van der Waals surface area contributed by atoms with Crippen LogP contribution < -0.4 is 10.1 Å². The summed E-state index contributed by atoms with van der Waals surface area (Å²) in [7, 11) is 1.69. The molecule has 0 spiro atoms. The van der Waals surface area contributed by atoms with Crippen LogP contribution in [0.3, 0.4) is 0 Å². The molecule has 0 saturated carbocycles. The van der Waals surface area contributed by atoms with Gasteiger partial charge >= 0.3 is 0 Å². The van der Waals surface area contributed by atoms with Gasteiger partial charge in [0.25, 0.3) is 5.91 Å². The van der Waals surface area contributed by atoms with Crippen LogP contribution in [-0.4, -0.2) is 30.0 Å². The summed E-state index contributed by atoms with van der Waals surface area (Å²) in [6.07, 6.45) is -0.827. The molecule has 240 valence electrons. The predicted molar refractivity (Wildman–Crippen MR) is 186 cm³/mol. The molecule has 6 nitrogen and oxygen atoms in total. The Morgan fingerprint density at radius 1 is 0.787 bits per heavy atom. The van der Waals surface area contributed by atoms with Gasteiger partial charge in [-0.1, -0.05) is 104 Å². The number of para-hydroxylation sites is 1. The Balaban J connectivity index is 1.19. The van der Waals surface area contributed by atoms with Crippen molar-refractivity contribution in [1.29, 1.82) is 0 Å². The summed E-state index contributed by atoms with van der Waals surface area (Å²) in [6.45, 7) is 2.62. The number of nitrogens with one attached hydrogen (secondary N) is 1. The van der Waals surface area contributed by atoms with E-state index in [4.69, 9.17) is 14.2 Å². The molecule has 5 aromatic carbocycles. The Labute approximate surface area is 280 Å². The molecule has 47 heavy (non-hydrogen) atoms. The van der Waals surface area contributed by atoms with Gasteiger partial charge < -0.3 is 24.6 Å². The van der Waals surface area contributed by atoms with Crippen molar-refractivity contribution in [3.63, 3.8) is 0 Å². The van der Waals surface area contributed by atoms with Gasteiger partial charge in [0.2, 0.25) is 0 Å². The molecule has 1 aliphatic heterocycles. The number of methoxy groups -OCH3 is 1. The van der Waals surface area contributed by atoms with Gasteiger partial charge in [0.1, 0.15) is 5.75 Å². The third-order valence-corrected chi connectivity index (χ3v) is 9.67.